The number of benzene rings is 1. The minimum atomic E-state index is -0.231. The van der Waals surface area contributed by atoms with Crippen molar-refractivity contribution in [3.05, 3.63) is 29.3 Å². The molecule has 0 aliphatic rings. The topological polar surface area (TPSA) is 27.1 Å². The fraction of sp³-hybridized carbons (Fsp3) is 0.462. The van der Waals surface area contributed by atoms with Crippen LogP contribution in [0.2, 0.25) is 0 Å². The molecule has 3 nitrogen and oxygen atoms in total. The lowest BCUT2D eigenvalue weighted by molar-refractivity contribution is 0.190. The first-order chi connectivity index (χ1) is 8.67. The Balaban J connectivity index is 2.44. The summed E-state index contributed by atoms with van der Waals surface area (Å²) >= 11 is 5.89. The Hall–Kier alpha value is -1.13. The third-order valence-corrected chi connectivity index (χ3v) is 3.20. The van der Waals surface area contributed by atoms with Crippen molar-refractivity contribution < 1.29 is 9.13 Å². The Kier molecular flexibility index (Phi) is 4.19. The summed E-state index contributed by atoms with van der Waals surface area (Å²) in [5, 5.41) is 0. The van der Waals surface area contributed by atoms with Crippen LogP contribution in [0.15, 0.2) is 12.1 Å². The van der Waals surface area contributed by atoms with Gasteiger partial charge in [0.2, 0.25) is 0 Å². The zero-order valence-electron chi connectivity index (χ0n) is 10.5. The summed E-state index contributed by atoms with van der Waals surface area (Å²) < 4.78 is 20.6. The quantitative estimate of drug-likeness (QED) is 0.616. The van der Waals surface area contributed by atoms with E-state index >= 15 is 0 Å². The van der Waals surface area contributed by atoms with Crippen molar-refractivity contribution in [3.8, 4) is 0 Å². The fourth-order valence-electron chi connectivity index (χ4n) is 2.02. The van der Waals surface area contributed by atoms with Crippen molar-refractivity contribution in [2.45, 2.75) is 25.8 Å². The van der Waals surface area contributed by atoms with Crippen molar-refractivity contribution >= 4 is 22.6 Å². The molecule has 2 rings (SSSR count). The van der Waals surface area contributed by atoms with Gasteiger partial charge in [-0.15, -0.1) is 11.6 Å². The number of methoxy groups -OCH3 is 1. The summed E-state index contributed by atoms with van der Waals surface area (Å²) in [5.74, 6) is 0.862. The fourth-order valence-corrected chi connectivity index (χ4v) is 2.22. The smallest absolute Gasteiger partial charge is 0.128 e. The SMILES string of the molecule is COCCCn1c(CCl)nc2cc(F)c(C)cc21. The summed E-state index contributed by atoms with van der Waals surface area (Å²) in [6, 6.07) is 3.29. The normalized spacial score (nSPS) is 11.3. The molecule has 0 atom stereocenters. The van der Waals surface area contributed by atoms with Crippen LogP contribution in [0.3, 0.4) is 0 Å². The third-order valence-electron chi connectivity index (χ3n) is 2.96. The average molecular weight is 271 g/mol. The van der Waals surface area contributed by atoms with Gasteiger partial charge in [-0.3, -0.25) is 0 Å². The second kappa shape index (κ2) is 5.67. The van der Waals surface area contributed by atoms with Gasteiger partial charge in [0, 0.05) is 26.3 Å². The summed E-state index contributed by atoms with van der Waals surface area (Å²) in [6.45, 7) is 3.21. The molecule has 0 amide bonds. The van der Waals surface area contributed by atoms with Gasteiger partial charge in [0.05, 0.1) is 16.9 Å². The van der Waals surface area contributed by atoms with E-state index in [1.54, 1.807) is 14.0 Å². The van der Waals surface area contributed by atoms with E-state index in [-0.39, 0.29) is 5.82 Å². The number of alkyl halides is 1. The van der Waals surface area contributed by atoms with E-state index in [4.69, 9.17) is 16.3 Å². The number of nitrogens with zero attached hydrogens (tertiary/aromatic N) is 2. The van der Waals surface area contributed by atoms with Crippen LogP contribution < -0.4 is 0 Å². The number of ether oxygens (including phenoxy) is 1. The predicted octanol–water partition coefficient (Wildman–Crippen LogP) is 3.26. The van der Waals surface area contributed by atoms with Crippen LogP contribution in [-0.2, 0) is 17.2 Å². The number of halogens is 2. The van der Waals surface area contributed by atoms with E-state index < -0.39 is 0 Å². The molecule has 0 aliphatic heterocycles. The second-order valence-electron chi connectivity index (χ2n) is 4.25. The Labute approximate surface area is 111 Å². The van der Waals surface area contributed by atoms with E-state index in [1.807, 2.05) is 10.6 Å². The van der Waals surface area contributed by atoms with Gasteiger partial charge in [-0.25, -0.2) is 9.37 Å². The van der Waals surface area contributed by atoms with Crippen molar-refractivity contribution in [2.75, 3.05) is 13.7 Å². The second-order valence-corrected chi connectivity index (χ2v) is 4.52. The Bertz CT molecular complexity index is 553. The van der Waals surface area contributed by atoms with Crippen LogP contribution in [0, 0.1) is 12.7 Å². The van der Waals surface area contributed by atoms with E-state index in [0.717, 1.165) is 24.3 Å². The van der Waals surface area contributed by atoms with Crippen LogP contribution in [0.4, 0.5) is 4.39 Å². The lowest BCUT2D eigenvalue weighted by Gasteiger charge is -2.07. The highest BCUT2D eigenvalue weighted by Crippen LogP contribution is 2.21. The van der Waals surface area contributed by atoms with Gasteiger partial charge in [-0.2, -0.15) is 0 Å². The maximum atomic E-state index is 13.5. The lowest BCUT2D eigenvalue weighted by Crippen LogP contribution is -2.05. The number of aryl methyl sites for hydroxylation is 2. The highest BCUT2D eigenvalue weighted by atomic mass is 35.5. The number of imidazole rings is 1. The summed E-state index contributed by atoms with van der Waals surface area (Å²) in [5.41, 5.74) is 2.21. The molecule has 2 aromatic rings. The average Bonchev–Trinajstić information content (AvgIpc) is 2.68. The molecule has 1 aromatic carbocycles. The van der Waals surface area contributed by atoms with Crippen molar-refractivity contribution in [3.63, 3.8) is 0 Å². The predicted molar refractivity (Wildman–Crippen MR) is 70.5 cm³/mol. The molecular weight excluding hydrogens is 255 g/mol. The molecule has 0 N–H and O–H groups in total. The first kappa shape index (κ1) is 13.3. The van der Waals surface area contributed by atoms with E-state index in [1.165, 1.54) is 6.07 Å². The van der Waals surface area contributed by atoms with Gasteiger partial charge in [0.1, 0.15) is 11.6 Å². The molecular formula is C13H16ClFN2O. The van der Waals surface area contributed by atoms with Gasteiger partial charge in [0.25, 0.3) is 0 Å². The number of hydrogen-bond donors (Lipinski definition) is 0. The van der Waals surface area contributed by atoms with Gasteiger partial charge in [0.15, 0.2) is 0 Å². The van der Waals surface area contributed by atoms with E-state index in [9.17, 15) is 4.39 Å². The van der Waals surface area contributed by atoms with Gasteiger partial charge >= 0.3 is 0 Å². The maximum absolute atomic E-state index is 13.5. The first-order valence-corrected chi connectivity index (χ1v) is 6.41. The van der Waals surface area contributed by atoms with Crippen molar-refractivity contribution in [1.29, 1.82) is 0 Å². The Morgan fingerprint density at radius 1 is 1.44 bits per heavy atom. The first-order valence-electron chi connectivity index (χ1n) is 5.87. The molecule has 0 radical (unpaired) electrons. The summed E-state index contributed by atoms with van der Waals surface area (Å²) in [4.78, 5) is 4.36. The zero-order valence-corrected chi connectivity index (χ0v) is 11.3. The standard InChI is InChI=1S/C13H16ClFN2O/c1-9-6-12-11(7-10(9)15)16-13(8-14)17(12)4-3-5-18-2/h6-7H,3-5,8H2,1-2H3. The molecule has 5 heteroatoms. The Morgan fingerprint density at radius 2 is 2.22 bits per heavy atom. The molecule has 0 saturated heterocycles. The number of fused-ring (bicyclic) bond motifs is 1. The molecule has 1 heterocycles. The van der Waals surface area contributed by atoms with Gasteiger partial charge in [-0.1, -0.05) is 0 Å². The minimum Gasteiger partial charge on any atom is -0.385 e. The molecule has 0 fully saturated rings. The van der Waals surface area contributed by atoms with Crippen LogP contribution in [0.1, 0.15) is 17.8 Å². The van der Waals surface area contributed by atoms with Gasteiger partial charge in [-0.05, 0) is 25.0 Å². The molecule has 0 aliphatic carbocycles. The molecule has 0 spiro atoms. The van der Waals surface area contributed by atoms with E-state index in [2.05, 4.69) is 4.98 Å². The van der Waals surface area contributed by atoms with Crippen LogP contribution in [0.5, 0.6) is 0 Å². The molecule has 98 valence electrons. The number of rotatable bonds is 5. The van der Waals surface area contributed by atoms with Crippen LogP contribution in [0.25, 0.3) is 11.0 Å². The monoisotopic (exact) mass is 270 g/mol. The highest BCUT2D eigenvalue weighted by molar-refractivity contribution is 6.16. The van der Waals surface area contributed by atoms with Gasteiger partial charge < -0.3 is 9.30 Å². The third kappa shape index (κ3) is 2.49. The highest BCUT2D eigenvalue weighted by Gasteiger charge is 2.12. The van der Waals surface area contributed by atoms with Crippen molar-refractivity contribution in [2.24, 2.45) is 0 Å². The Morgan fingerprint density at radius 3 is 2.89 bits per heavy atom. The van der Waals surface area contributed by atoms with Crippen LogP contribution >= 0.6 is 11.6 Å². The van der Waals surface area contributed by atoms with E-state index in [0.29, 0.717) is 23.6 Å². The molecule has 18 heavy (non-hydrogen) atoms. The molecule has 0 saturated carbocycles. The summed E-state index contributed by atoms with van der Waals surface area (Å²) in [7, 11) is 1.67. The number of aromatic nitrogens is 2. The van der Waals surface area contributed by atoms with Crippen molar-refractivity contribution in [1.82, 2.24) is 9.55 Å². The lowest BCUT2D eigenvalue weighted by atomic mass is 10.2. The molecule has 0 unspecified atom stereocenters. The number of hydrogen-bond acceptors (Lipinski definition) is 2. The van der Waals surface area contributed by atoms with Crippen LogP contribution in [-0.4, -0.2) is 23.3 Å². The largest absolute Gasteiger partial charge is 0.385 e. The minimum absolute atomic E-state index is 0.231. The zero-order chi connectivity index (χ0) is 13.1. The summed E-state index contributed by atoms with van der Waals surface area (Å²) in [6.07, 6.45) is 0.877. The molecule has 0 bridgehead atoms. The maximum Gasteiger partial charge on any atom is 0.128 e. The molecule has 1 aromatic heterocycles.